The lowest BCUT2D eigenvalue weighted by Gasteiger charge is -2.38. The monoisotopic (exact) mass is 364 g/mol. The van der Waals surface area contributed by atoms with Crippen LogP contribution in [0.1, 0.15) is 36.7 Å². The van der Waals surface area contributed by atoms with E-state index >= 15 is 0 Å². The number of hydrogen-bond donors (Lipinski definition) is 2. The minimum Gasteiger partial charge on any atom is -0.496 e. The lowest BCUT2D eigenvalue weighted by Crippen LogP contribution is -2.59. The zero-order chi connectivity index (χ0) is 19.6. The fraction of sp³-hybridized carbons (Fsp3) is 0.500. The molecule has 2 rings (SSSR count). The number of carboxylic acid groups (broad SMARTS) is 2. The first-order chi connectivity index (χ1) is 12.1. The van der Waals surface area contributed by atoms with Crippen LogP contribution in [-0.4, -0.2) is 70.8 Å². The molecule has 1 saturated heterocycles. The molecule has 142 valence electrons. The van der Waals surface area contributed by atoms with E-state index in [-0.39, 0.29) is 25.0 Å². The minimum atomic E-state index is -1.23. The number of carbonyl (C=O) groups is 3. The zero-order valence-corrected chi connectivity index (χ0v) is 15.4. The summed E-state index contributed by atoms with van der Waals surface area (Å²) in [6.07, 6.45) is -1.19. The molecule has 1 aliphatic rings. The number of carboxylic acids is 1. The van der Waals surface area contributed by atoms with Gasteiger partial charge < -0.3 is 24.7 Å². The van der Waals surface area contributed by atoms with Gasteiger partial charge in [0.15, 0.2) is 0 Å². The Kier molecular flexibility index (Phi) is 5.44. The van der Waals surface area contributed by atoms with Gasteiger partial charge >= 0.3 is 12.1 Å². The van der Waals surface area contributed by atoms with Gasteiger partial charge in [0.25, 0.3) is 5.91 Å². The van der Waals surface area contributed by atoms with Gasteiger partial charge in [-0.25, -0.2) is 9.59 Å². The molecule has 8 nitrogen and oxygen atoms in total. The van der Waals surface area contributed by atoms with Gasteiger partial charge in [-0.1, -0.05) is 26.8 Å². The van der Waals surface area contributed by atoms with Crippen molar-refractivity contribution in [3.63, 3.8) is 0 Å². The number of amides is 2. The van der Waals surface area contributed by atoms with Crippen LogP contribution in [0.5, 0.6) is 5.75 Å². The van der Waals surface area contributed by atoms with Crippen LogP contribution in [0.2, 0.25) is 0 Å². The Labute approximate surface area is 152 Å². The number of aliphatic carboxylic acids is 1. The number of nitrogens with zero attached hydrogens (tertiary/aromatic N) is 2. The molecule has 1 heterocycles. The van der Waals surface area contributed by atoms with Crippen LogP contribution in [-0.2, 0) is 10.2 Å². The highest BCUT2D eigenvalue weighted by Gasteiger charge is 2.37. The van der Waals surface area contributed by atoms with Gasteiger partial charge in [-0.2, -0.15) is 0 Å². The van der Waals surface area contributed by atoms with Crippen LogP contribution in [0.25, 0.3) is 0 Å². The minimum absolute atomic E-state index is 0.0193. The van der Waals surface area contributed by atoms with Crippen molar-refractivity contribution in [2.45, 2.75) is 32.2 Å². The number of rotatable bonds is 3. The summed E-state index contributed by atoms with van der Waals surface area (Å²) in [6.45, 7) is 5.91. The molecule has 2 N–H and O–H groups in total. The van der Waals surface area contributed by atoms with E-state index in [0.29, 0.717) is 11.3 Å². The Morgan fingerprint density at radius 1 is 1.15 bits per heavy atom. The second-order valence-electron chi connectivity index (χ2n) is 7.25. The molecule has 0 aliphatic carbocycles. The normalized spacial score (nSPS) is 17.8. The first-order valence-corrected chi connectivity index (χ1v) is 8.26. The summed E-state index contributed by atoms with van der Waals surface area (Å²) in [5.41, 5.74) is 1.07. The maximum absolute atomic E-state index is 12.9. The zero-order valence-electron chi connectivity index (χ0n) is 15.4. The molecule has 0 aromatic heterocycles. The molecule has 26 heavy (non-hydrogen) atoms. The van der Waals surface area contributed by atoms with Crippen molar-refractivity contribution >= 4 is 18.0 Å². The van der Waals surface area contributed by atoms with Crippen LogP contribution in [0.4, 0.5) is 4.79 Å². The van der Waals surface area contributed by atoms with Crippen LogP contribution in [0.15, 0.2) is 18.2 Å². The van der Waals surface area contributed by atoms with Crippen LogP contribution >= 0.6 is 0 Å². The van der Waals surface area contributed by atoms with Crippen molar-refractivity contribution in [2.24, 2.45) is 0 Å². The average Bonchev–Trinajstić information content (AvgIpc) is 2.58. The highest BCUT2D eigenvalue weighted by Crippen LogP contribution is 2.32. The fourth-order valence-electron chi connectivity index (χ4n) is 3.02. The number of benzene rings is 1. The molecule has 8 heteroatoms. The summed E-state index contributed by atoms with van der Waals surface area (Å²) in [4.78, 5) is 37.7. The summed E-state index contributed by atoms with van der Waals surface area (Å²) < 4.78 is 5.40. The van der Waals surface area contributed by atoms with Crippen LogP contribution < -0.4 is 4.74 Å². The summed E-state index contributed by atoms with van der Waals surface area (Å²) in [6, 6.07) is 3.83. The van der Waals surface area contributed by atoms with E-state index in [1.165, 1.54) is 12.0 Å². The molecular weight excluding hydrogens is 340 g/mol. The van der Waals surface area contributed by atoms with Crippen LogP contribution in [0, 0.1) is 0 Å². The largest absolute Gasteiger partial charge is 0.496 e. The van der Waals surface area contributed by atoms with E-state index in [0.717, 1.165) is 10.5 Å². The number of hydrogen-bond acceptors (Lipinski definition) is 4. The fourth-order valence-corrected chi connectivity index (χ4v) is 3.02. The van der Waals surface area contributed by atoms with Crippen LogP contribution in [0.3, 0.4) is 0 Å². The van der Waals surface area contributed by atoms with Gasteiger partial charge in [0.1, 0.15) is 11.8 Å². The summed E-state index contributed by atoms with van der Waals surface area (Å²) in [7, 11) is 1.52. The first kappa shape index (κ1) is 19.6. The highest BCUT2D eigenvalue weighted by molar-refractivity contribution is 5.97. The Morgan fingerprint density at radius 2 is 1.81 bits per heavy atom. The maximum atomic E-state index is 12.9. The van der Waals surface area contributed by atoms with E-state index in [2.05, 4.69) is 0 Å². The molecule has 1 atom stereocenters. The van der Waals surface area contributed by atoms with Gasteiger partial charge in [0.05, 0.1) is 13.7 Å². The molecule has 1 aliphatic heterocycles. The maximum Gasteiger partial charge on any atom is 0.407 e. The van der Waals surface area contributed by atoms with Crippen molar-refractivity contribution in [2.75, 3.05) is 26.7 Å². The molecule has 2 amide bonds. The second kappa shape index (κ2) is 7.23. The highest BCUT2D eigenvalue weighted by atomic mass is 16.5. The molecule has 1 aromatic carbocycles. The molecule has 1 fully saturated rings. The second-order valence-corrected chi connectivity index (χ2v) is 7.25. The third kappa shape index (κ3) is 3.89. The smallest absolute Gasteiger partial charge is 0.407 e. The third-order valence-corrected chi connectivity index (χ3v) is 4.45. The summed E-state index contributed by atoms with van der Waals surface area (Å²) in [5.74, 6) is -1.14. The van der Waals surface area contributed by atoms with E-state index < -0.39 is 24.0 Å². The SMILES string of the molecule is COc1cc(C(=O)N2CCN(C(=O)O)CC2C(=O)O)ccc1C(C)(C)C. The lowest BCUT2D eigenvalue weighted by atomic mass is 9.85. The third-order valence-electron chi connectivity index (χ3n) is 4.45. The molecule has 1 unspecified atom stereocenters. The Hall–Kier alpha value is -2.77. The van der Waals surface area contributed by atoms with Gasteiger partial charge in [-0.05, 0) is 23.1 Å². The lowest BCUT2D eigenvalue weighted by molar-refractivity contribution is -0.144. The van der Waals surface area contributed by atoms with Crippen molar-refractivity contribution < 1.29 is 29.3 Å². The quantitative estimate of drug-likeness (QED) is 0.848. The predicted octanol–water partition coefficient (Wildman–Crippen LogP) is 1.88. The van der Waals surface area contributed by atoms with Crippen molar-refractivity contribution in [3.8, 4) is 5.75 Å². The molecule has 0 saturated carbocycles. The molecular formula is C18H24N2O6. The van der Waals surface area contributed by atoms with E-state index in [1.807, 2.05) is 20.8 Å². The van der Waals surface area contributed by atoms with E-state index in [9.17, 15) is 19.5 Å². The van der Waals surface area contributed by atoms with Gasteiger partial charge in [-0.3, -0.25) is 4.79 Å². The van der Waals surface area contributed by atoms with E-state index in [4.69, 9.17) is 9.84 Å². The number of carbonyl (C=O) groups excluding carboxylic acids is 1. The first-order valence-electron chi connectivity index (χ1n) is 8.26. The molecule has 0 radical (unpaired) electrons. The van der Waals surface area contributed by atoms with Crippen molar-refractivity contribution in [1.82, 2.24) is 9.80 Å². The summed E-state index contributed by atoms with van der Waals surface area (Å²) in [5, 5.41) is 18.5. The van der Waals surface area contributed by atoms with Gasteiger partial charge in [-0.15, -0.1) is 0 Å². The van der Waals surface area contributed by atoms with Crippen molar-refractivity contribution in [3.05, 3.63) is 29.3 Å². The predicted molar refractivity (Wildman–Crippen MR) is 93.8 cm³/mol. The van der Waals surface area contributed by atoms with Gasteiger partial charge in [0.2, 0.25) is 0 Å². The molecule has 0 bridgehead atoms. The Bertz CT molecular complexity index is 725. The number of piperazine rings is 1. The van der Waals surface area contributed by atoms with Gasteiger partial charge in [0, 0.05) is 18.7 Å². The Morgan fingerprint density at radius 3 is 2.31 bits per heavy atom. The molecule has 0 spiro atoms. The van der Waals surface area contributed by atoms with E-state index in [1.54, 1.807) is 18.2 Å². The Balaban J connectivity index is 2.32. The summed E-state index contributed by atoms with van der Waals surface area (Å²) >= 11 is 0. The number of methoxy groups -OCH3 is 1. The molecule has 1 aromatic rings. The van der Waals surface area contributed by atoms with Crippen molar-refractivity contribution in [1.29, 1.82) is 0 Å². The standard InChI is InChI=1S/C18H24N2O6/c1-18(2,3)12-6-5-11(9-14(12)26-4)15(21)20-8-7-19(17(24)25)10-13(20)16(22)23/h5-6,9,13H,7-8,10H2,1-4H3,(H,22,23)(H,24,25). The average molecular weight is 364 g/mol. The number of ether oxygens (including phenoxy) is 1. The topological polar surface area (TPSA) is 107 Å².